The summed E-state index contributed by atoms with van der Waals surface area (Å²) in [5.74, 6) is 0.912. The standard InChI is InChI=1S/C34H28N2/c1-3-35-21-19-24(25-13-5-4-12-23(25)2)22-31(35)27-15-7-9-17-29(27)33-32-28-16-8-6-14-26(28)30-18-10-11-20-36(30)34(32)33/h3-22,32-34H,1H2,2H3/q+2. The summed E-state index contributed by atoms with van der Waals surface area (Å²) in [4.78, 5) is 0. The van der Waals surface area contributed by atoms with Crippen LogP contribution in [0.15, 0.2) is 122 Å². The van der Waals surface area contributed by atoms with E-state index in [4.69, 9.17) is 0 Å². The monoisotopic (exact) mass is 464 g/mol. The minimum atomic E-state index is 0.427. The van der Waals surface area contributed by atoms with E-state index >= 15 is 0 Å². The normalized spacial score (nSPS) is 19.1. The fourth-order valence-corrected chi connectivity index (χ4v) is 6.33. The van der Waals surface area contributed by atoms with Crippen molar-refractivity contribution in [1.29, 1.82) is 0 Å². The van der Waals surface area contributed by atoms with Gasteiger partial charge in [0.2, 0.25) is 11.4 Å². The molecule has 0 bridgehead atoms. The second kappa shape index (κ2) is 8.13. The summed E-state index contributed by atoms with van der Waals surface area (Å²) in [7, 11) is 0. The number of hydrogen-bond donors (Lipinski definition) is 0. The van der Waals surface area contributed by atoms with Gasteiger partial charge < -0.3 is 0 Å². The van der Waals surface area contributed by atoms with Crippen LogP contribution in [0.4, 0.5) is 0 Å². The highest BCUT2D eigenvalue weighted by molar-refractivity contribution is 5.74. The first-order chi connectivity index (χ1) is 17.8. The molecule has 2 heteroatoms. The number of benzene rings is 3. The fraction of sp³-hybridized carbons (Fsp3) is 0.118. The number of nitrogens with zero attached hydrogens (tertiary/aromatic N) is 2. The highest BCUT2D eigenvalue weighted by Crippen LogP contribution is 2.65. The van der Waals surface area contributed by atoms with E-state index in [0.29, 0.717) is 17.9 Å². The van der Waals surface area contributed by atoms with E-state index in [0.717, 1.165) is 0 Å². The average molecular weight is 465 g/mol. The molecule has 3 unspecified atom stereocenters. The van der Waals surface area contributed by atoms with Gasteiger partial charge in [-0.2, -0.15) is 9.13 Å². The van der Waals surface area contributed by atoms with Crippen molar-refractivity contribution in [3.05, 3.63) is 139 Å². The van der Waals surface area contributed by atoms with E-state index in [1.807, 2.05) is 6.20 Å². The summed E-state index contributed by atoms with van der Waals surface area (Å²) < 4.78 is 4.65. The lowest BCUT2D eigenvalue weighted by molar-refractivity contribution is -0.693. The molecule has 2 aliphatic rings. The van der Waals surface area contributed by atoms with Crippen molar-refractivity contribution in [1.82, 2.24) is 0 Å². The predicted molar refractivity (Wildman–Crippen MR) is 145 cm³/mol. The van der Waals surface area contributed by atoms with Crippen LogP contribution in [0.25, 0.3) is 39.8 Å². The molecule has 0 saturated heterocycles. The fourth-order valence-electron chi connectivity index (χ4n) is 6.33. The van der Waals surface area contributed by atoms with E-state index in [1.54, 1.807) is 0 Å². The number of hydrogen-bond acceptors (Lipinski definition) is 0. The third kappa shape index (κ3) is 3.11. The quantitative estimate of drug-likeness (QED) is 0.251. The molecule has 0 amide bonds. The first kappa shape index (κ1) is 21.0. The van der Waals surface area contributed by atoms with Crippen molar-refractivity contribution in [2.45, 2.75) is 24.8 Å². The number of fused-ring (bicyclic) bond motifs is 6. The predicted octanol–water partition coefficient (Wildman–Crippen LogP) is 7.11. The summed E-state index contributed by atoms with van der Waals surface area (Å²) in [5.41, 5.74) is 11.8. The Labute approximate surface area is 212 Å². The zero-order valence-electron chi connectivity index (χ0n) is 20.4. The van der Waals surface area contributed by atoms with E-state index in [2.05, 4.69) is 138 Å². The molecule has 5 aromatic rings. The molecule has 2 aromatic heterocycles. The lowest BCUT2D eigenvalue weighted by atomic mass is 9.93. The third-order valence-corrected chi connectivity index (χ3v) is 8.02. The molecule has 1 aliphatic carbocycles. The number of aromatic nitrogens is 2. The van der Waals surface area contributed by atoms with Crippen LogP contribution in [-0.4, -0.2) is 0 Å². The number of pyridine rings is 2. The number of aryl methyl sites for hydroxylation is 1. The van der Waals surface area contributed by atoms with Crippen molar-refractivity contribution < 1.29 is 9.13 Å². The molecule has 36 heavy (non-hydrogen) atoms. The Morgan fingerprint density at radius 1 is 0.639 bits per heavy atom. The molecule has 3 heterocycles. The topological polar surface area (TPSA) is 7.76 Å². The van der Waals surface area contributed by atoms with Gasteiger partial charge in [0.1, 0.15) is 0 Å². The van der Waals surface area contributed by atoms with Gasteiger partial charge in [0, 0.05) is 29.8 Å². The average Bonchev–Trinajstić information content (AvgIpc) is 3.69. The molecule has 1 saturated carbocycles. The van der Waals surface area contributed by atoms with Gasteiger partial charge in [-0.1, -0.05) is 60.7 Å². The maximum absolute atomic E-state index is 4.12. The second-order valence-corrected chi connectivity index (χ2v) is 9.92. The second-order valence-electron chi connectivity index (χ2n) is 9.92. The highest BCUT2D eigenvalue weighted by atomic mass is 15.1. The summed E-state index contributed by atoms with van der Waals surface area (Å²) in [6, 6.07) is 38.0. The van der Waals surface area contributed by atoms with Crippen LogP contribution in [0.1, 0.15) is 34.6 Å². The van der Waals surface area contributed by atoms with Crippen LogP contribution >= 0.6 is 0 Å². The van der Waals surface area contributed by atoms with Crippen molar-refractivity contribution in [2.24, 2.45) is 0 Å². The summed E-state index contributed by atoms with van der Waals surface area (Å²) >= 11 is 0. The first-order valence-corrected chi connectivity index (χ1v) is 12.7. The van der Waals surface area contributed by atoms with Gasteiger partial charge in [0.05, 0.1) is 17.4 Å². The van der Waals surface area contributed by atoms with Crippen molar-refractivity contribution in [3.8, 4) is 33.6 Å². The van der Waals surface area contributed by atoms with Gasteiger partial charge >= 0.3 is 0 Å². The minimum Gasteiger partial charge on any atom is -0.194 e. The van der Waals surface area contributed by atoms with Crippen molar-refractivity contribution in [2.75, 3.05) is 0 Å². The third-order valence-electron chi connectivity index (χ3n) is 8.02. The van der Waals surface area contributed by atoms with Crippen LogP contribution in [0.5, 0.6) is 0 Å². The van der Waals surface area contributed by atoms with Gasteiger partial charge in [-0.05, 0) is 59.5 Å². The van der Waals surface area contributed by atoms with Gasteiger partial charge in [-0.3, -0.25) is 0 Å². The summed E-state index contributed by atoms with van der Waals surface area (Å²) in [6.07, 6.45) is 6.31. The maximum atomic E-state index is 4.12. The maximum Gasteiger partial charge on any atom is 0.218 e. The largest absolute Gasteiger partial charge is 0.218 e. The molecular formula is C34H28N2+2. The molecule has 3 atom stereocenters. The molecular weight excluding hydrogens is 436 g/mol. The zero-order chi connectivity index (χ0) is 24.2. The Morgan fingerprint density at radius 2 is 1.25 bits per heavy atom. The Bertz CT molecular complexity index is 1600. The summed E-state index contributed by atoms with van der Waals surface area (Å²) in [6.45, 7) is 6.30. The van der Waals surface area contributed by atoms with E-state index < -0.39 is 0 Å². The Balaban J connectivity index is 1.40. The highest BCUT2D eigenvalue weighted by Gasteiger charge is 2.63. The van der Waals surface area contributed by atoms with Crippen LogP contribution in [0, 0.1) is 6.92 Å². The van der Waals surface area contributed by atoms with Gasteiger partial charge in [-0.25, -0.2) is 0 Å². The molecule has 1 fully saturated rings. The van der Waals surface area contributed by atoms with Crippen molar-refractivity contribution >= 4 is 6.20 Å². The minimum absolute atomic E-state index is 0.427. The van der Waals surface area contributed by atoms with E-state index in [1.165, 1.54) is 50.3 Å². The SMILES string of the molecule is C=C[n+]1ccc(-c2ccccc2C)cc1-c1ccccc1C1C2c3ccccc3-c3cccc[n+]3C12. The lowest BCUT2D eigenvalue weighted by Gasteiger charge is -2.12. The lowest BCUT2D eigenvalue weighted by Crippen LogP contribution is -2.37. The van der Waals surface area contributed by atoms with E-state index in [-0.39, 0.29) is 0 Å². The van der Waals surface area contributed by atoms with Crippen LogP contribution < -0.4 is 9.13 Å². The first-order valence-electron chi connectivity index (χ1n) is 12.7. The Morgan fingerprint density at radius 3 is 1.94 bits per heavy atom. The Kier molecular flexibility index (Phi) is 4.75. The van der Waals surface area contributed by atoms with E-state index in [9.17, 15) is 0 Å². The molecule has 0 radical (unpaired) electrons. The molecule has 172 valence electrons. The summed E-state index contributed by atoms with van der Waals surface area (Å²) in [5, 5.41) is 0. The van der Waals surface area contributed by atoms with Gasteiger partial charge in [-0.15, -0.1) is 0 Å². The number of rotatable bonds is 4. The molecule has 1 aliphatic heterocycles. The molecule has 7 rings (SSSR count). The van der Waals surface area contributed by atoms with Gasteiger partial charge in [0.25, 0.3) is 0 Å². The zero-order valence-corrected chi connectivity index (χ0v) is 20.4. The smallest absolute Gasteiger partial charge is 0.194 e. The Hall–Kier alpha value is -4.30. The van der Waals surface area contributed by atoms with Crippen molar-refractivity contribution in [3.63, 3.8) is 0 Å². The molecule has 2 nitrogen and oxygen atoms in total. The molecule has 0 N–H and O–H groups in total. The molecule has 3 aromatic carbocycles. The molecule has 0 spiro atoms. The van der Waals surface area contributed by atoms with Gasteiger partial charge in [0.15, 0.2) is 24.6 Å². The van der Waals surface area contributed by atoms with Crippen LogP contribution in [-0.2, 0) is 0 Å². The van der Waals surface area contributed by atoms with Crippen LogP contribution in [0.3, 0.4) is 0 Å². The van der Waals surface area contributed by atoms with Crippen LogP contribution in [0.2, 0.25) is 0 Å².